The molecular weight excluding hydrogens is 358 g/mol. The number of aromatic nitrogens is 2. The van der Waals surface area contributed by atoms with Crippen LogP contribution in [0.5, 0.6) is 0 Å². The molecule has 1 aliphatic rings. The predicted octanol–water partition coefficient (Wildman–Crippen LogP) is 2.25. The average molecular weight is 377 g/mol. The molecular formula is C17H19N3O3S2. The second kappa shape index (κ2) is 5.55. The third kappa shape index (κ3) is 2.32. The molecule has 0 bridgehead atoms. The topological polar surface area (TPSA) is 64.3 Å². The standard InChI is InChI=1S/C17H19N3O3S2/c1-11-13-7-9-24-16(13)6-8-20(11)25(22,23)12-4-5-14-15(10-12)19(3)17(21)18(14)2/h4-5,7,9-11H,6,8H2,1-3H3. The largest absolute Gasteiger partial charge is 0.328 e. The number of hydrogen-bond acceptors (Lipinski definition) is 4. The van der Waals surface area contributed by atoms with E-state index in [0.717, 1.165) is 17.5 Å². The number of sulfonamides is 1. The van der Waals surface area contributed by atoms with Gasteiger partial charge in [0.1, 0.15) is 0 Å². The van der Waals surface area contributed by atoms with Gasteiger partial charge in [0.2, 0.25) is 10.0 Å². The Labute approximate surface area is 150 Å². The van der Waals surface area contributed by atoms with Gasteiger partial charge in [-0.2, -0.15) is 4.31 Å². The molecule has 6 nitrogen and oxygen atoms in total. The number of benzene rings is 1. The number of fused-ring (bicyclic) bond motifs is 2. The first kappa shape index (κ1) is 16.6. The average Bonchev–Trinajstić information content (AvgIpc) is 3.15. The molecule has 1 atom stereocenters. The number of thiophene rings is 1. The van der Waals surface area contributed by atoms with Crippen molar-refractivity contribution in [2.45, 2.75) is 24.3 Å². The van der Waals surface area contributed by atoms with Gasteiger partial charge in [-0.05, 0) is 48.6 Å². The van der Waals surface area contributed by atoms with E-state index in [9.17, 15) is 13.2 Å². The fourth-order valence-corrected chi connectivity index (χ4v) is 6.19. The zero-order valence-electron chi connectivity index (χ0n) is 14.3. The first-order chi connectivity index (χ1) is 11.8. The summed E-state index contributed by atoms with van der Waals surface area (Å²) in [5, 5.41) is 2.02. The van der Waals surface area contributed by atoms with Crippen LogP contribution in [0.25, 0.3) is 11.0 Å². The fourth-order valence-electron chi connectivity index (χ4n) is 3.60. The summed E-state index contributed by atoms with van der Waals surface area (Å²) in [6.07, 6.45) is 0.739. The Hall–Kier alpha value is -1.90. The van der Waals surface area contributed by atoms with E-state index in [1.165, 1.54) is 14.0 Å². The quantitative estimate of drug-likeness (QED) is 0.688. The van der Waals surface area contributed by atoms with Crippen LogP contribution in [-0.2, 0) is 30.5 Å². The molecule has 4 rings (SSSR count). The van der Waals surface area contributed by atoms with Gasteiger partial charge in [-0.15, -0.1) is 11.3 Å². The van der Waals surface area contributed by atoms with Gasteiger partial charge < -0.3 is 0 Å². The first-order valence-electron chi connectivity index (χ1n) is 8.06. The van der Waals surface area contributed by atoms with E-state index in [1.807, 2.05) is 18.4 Å². The highest BCUT2D eigenvalue weighted by atomic mass is 32.2. The molecule has 132 valence electrons. The summed E-state index contributed by atoms with van der Waals surface area (Å²) in [4.78, 5) is 13.6. The van der Waals surface area contributed by atoms with E-state index in [2.05, 4.69) is 0 Å². The molecule has 8 heteroatoms. The summed E-state index contributed by atoms with van der Waals surface area (Å²) in [5.41, 5.74) is 2.26. The Bertz CT molecular complexity index is 1140. The van der Waals surface area contributed by atoms with E-state index in [-0.39, 0.29) is 16.6 Å². The lowest BCUT2D eigenvalue weighted by Crippen LogP contribution is -2.38. The molecule has 0 N–H and O–H groups in total. The van der Waals surface area contributed by atoms with Gasteiger partial charge in [-0.3, -0.25) is 9.13 Å². The number of imidazole rings is 1. The van der Waals surface area contributed by atoms with Crippen LogP contribution in [0.2, 0.25) is 0 Å². The van der Waals surface area contributed by atoms with E-state index in [1.54, 1.807) is 47.9 Å². The zero-order valence-corrected chi connectivity index (χ0v) is 15.9. The normalized spacial score (nSPS) is 18.6. The maximum atomic E-state index is 13.2. The van der Waals surface area contributed by atoms with E-state index in [0.29, 0.717) is 12.1 Å². The van der Waals surface area contributed by atoms with Crippen molar-refractivity contribution in [3.63, 3.8) is 0 Å². The fraction of sp³-hybridized carbons (Fsp3) is 0.353. The Morgan fingerprint density at radius 3 is 2.60 bits per heavy atom. The minimum atomic E-state index is -3.63. The molecule has 0 fully saturated rings. The minimum absolute atomic E-state index is 0.168. The maximum absolute atomic E-state index is 13.2. The van der Waals surface area contributed by atoms with E-state index in [4.69, 9.17) is 0 Å². The smallest absolute Gasteiger partial charge is 0.295 e. The van der Waals surface area contributed by atoms with Gasteiger partial charge >= 0.3 is 5.69 Å². The molecule has 1 unspecified atom stereocenters. The molecule has 3 aromatic rings. The molecule has 1 aliphatic heterocycles. The summed E-state index contributed by atoms with van der Waals surface area (Å²) in [6, 6.07) is 6.72. The lowest BCUT2D eigenvalue weighted by molar-refractivity contribution is 0.329. The van der Waals surface area contributed by atoms with Crippen molar-refractivity contribution in [2.75, 3.05) is 6.54 Å². The van der Waals surface area contributed by atoms with Crippen molar-refractivity contribution >= 4 is 32.4 Å². The van der Waals surface area contributed by atoms with Crippen LogP contribution in [-0.4, -0.2) is 28.4 Å². The SMILES string of the molecule is CC1c2ccsc2CCN1S(=O)(=O)c1ccc2c(c1)n(C)c(=O)n2C. The summed E-state index contributed by atoms with van der Waals surface area (Å²) < 4.78 is 31.0. The molecule has 0 radical (unpaired) electrons. The van der Waals surface area contributed by atoms with Crippen LogP contribution in [0.4, 0.5) is 0 Å². The summed E-state index contributed by atoms with van der Waals surface area (Å²) in [5.74, 6) is 0. The molecule has 1 aromatic carbocycles. The lowest BCUT2D eigenvalue weighted by Gasteiger charge is -2.32. The molecule has 25 heavy (non-hydrogen) atoms. The van der Waals surface area contributed by atoms with Crippen molar-refractivity contribution in [1.29, 1.82) is 0 Å². The Balaban J connectivity index is 1.82. The minimum Gasteiger partial charge on any atom is -0.295 e. The molecule has 0 aliphatic carbocycles. The summed E-state index contributed by atoms with van der Waals surface area (Å²) >= 11 is 1.68. The first-order valence-corrected chi connectivity index (χ1v) is 10.4. The summed E-state index contributed by atoms with van der Waals surface area (Å²) in [7, 11) is -0.291. The van der Waals surface area contributed by atoms with Gasteiger partial charge in [0.25, 0.3) is 0 Å². The van der Waals surface area contributed by atoms with Crippen molar-refractivity contribution in [2.24, 2.45) is 14.1 Å². The van der Waals surface area contributed by atoms with Crippen LogP contribution in [0.1, 0.15) is 23.4 Å². The highest BCUT2D eigenvalue weighted by molar-refractivity contribution is 7.89. The van der Waals surface area contributed by atoms with Gasteiger partial charge in [0.15, 0.2) is 0 Å². The number of nitrogens with zero attached hydrogens (tertiary/aromatic N) is 3. The third-order valence-corrected chi connectivity index (χ3v) is 8.03. The Morgan fingerprint density at radius 2 is 1.84 bits per heavy atom. The Morgan fingerprint density at radius 1 is 1.12 bits per heavy atom. The predicted molar refractivity (Wildman–Crippen MR) is 98.5 cm³/mol. The van der Waals surface area contributed by atoms with Crippen molar-refractivity contribution in [3.8, 4) is 0 Å². The van der Waals surface area contributed by atoms with Crippen molar-refractivity contribution in [3.05, 3.63) is 50.6 Å². The van der Waals surface area contributed by atoms with Gasteiger partial charge in [-0.25, -0.2) is 13.2 Å². The maximum Gasteiger partial charge on any atom is 0.328 e. The highest BCUT2D eigenvalue weighted by Crippen LogP contribution is 2.36. The third-order valence-electron chi connectivity index (χ3n) is 5.07. The molecule has 0 spiro atoms. The number of rotatable bonds is 2. The van der Waals surface area contributed by atoms with Crippen LogP contribution in [0.15, 0.2) is 39.3 Å². The molecule has 0 saturated carbocycles. The second-order valence-electron chi connectivity index (χ2n) is 6.39. The van der Waals surface area contributed by atoms with E-state index < -0.39 is 10.0 Å². The number of hydrogen-bond donors (Lipinski definition) is 0. The monoisotopic (exact) mass is 377 g/mol. The van der Waals surface area contributed by atoms with Gasteiger partial charge in [0.05, 0.1) is 15.9 Å². The van der Waals surface area contributed by atoms with Crippen molar-refractivity contribution < 1.29 is 8.42 Å². The molecule has 2 aromatic heterocycles. The van der Waals surface area contributed by atoms with Crippen LogP contribution in [0.3, 0.4) is 0 Å². The zero-order chi connectivity index (χ0) is 17.9. The highest BCUT2D eigenvalue weighted by Gasteiger charge is 2.34. The molecule has 3 heterocycles. The van der Waals surface area contributed by atoms with Crippen LogP contribution >= 0.6 is 11.3 Å². The van der Waals surface area contributed by atoms with Crippen LogP contribution in [0, 0.1) is 0 Å². The summed E-state index contributed by atoms with van der Waals surface area (Å²) in [6.45, 7) is 2.40. The Kier molecular flexibility index (Phi) is 3.68. The second-order valence-corrected chi connectivity index (χ2v) is 9.28. The van der Waals surface area contributed by atoms with Crippen LogP contribution < -0.4 is 5.69 Å². The van der Waals surface area contributed by atoms with Gasteiger partial charge in [-0.1, -0.05) is 0 Å². The lowest BCUT2D eigenvalue weighted by atomic mass is 10.0. The molecule has 0 amide bonds. The van der Waals surface area contributed by atoms with Crippen molar-refractivity contribution in [1.82, 2.24) is 13.4 Å². The van der Waals surface area contributed by atoms with Gasteiger partial charge in [0, 0.05) is 31.6 Å². The van der Waals surface area contributed by atoms with E-state index >= 15 is 0 Å². The molecule has 0 saturated heterocycles. The number of aryl methyl sites for hydroxylation is 2.